The summed E-state index contributed by atoms with van der Waals surface area (Å²) in [6.07, 6.45) is -0.389. The zero-order chi connectivity index (χ0) is 19.1. The Hall–Kier alpha value is -1.47. The van der Waals surface area contributed by atoms with Crippen molar-refractivity contribution in [1.82, 2.24) is 9.80 Å². The van der Waals surface area contributed by atoms with Gasteiger partial charge in [0.25, 0.3) is 5.91 Å². The van der Waals surface area contributed by atoms with Crippen LogP contribution in [0.15, 0.2) is 16.6 Å². The summed E-state index contributed by atoms with van der Waals surface area (Å²) in [5.41, 5.74) is 0.400. The largest absolute Gasteiger partial charge is 0.479 e. The van der Waals surface area contributed by atoms with E-state index in [1.807, 2.05) is 26.8 Å². The molecule has 1 fully saturated rings. The highest BCUT2D eigenvalue weighted by atomic mass is 79.9. The number of carbonyl (C=O) groups excluding carboxylic acids is 2. The van der Waals surface area contributed by atoms with Crippen molar-refractivity contribution in [2.75, 3.05) is 26.2 Å². The van der Waals surface area contributed by atoms with E-state index in [1.54, 1.807) is 15.9 Å². The van der Waals surface area contributed by atoms with Crippen LogP contribution in [0.5, 0.6) is 5.75 Å². The van der Waals surface area contributed by atoms with E-state index in [2.05, 4.69) is 15.9 Å². The molecule has 0 radical (unpaired) electrons. The molecule has 0 bridgehead atoms. The average molecular weight is 446 g/mol. The predicted octanol–water partition coefficient (Wildman–Crippen LogP) is 3.49. The van der Waals surface area contributed by atoms with Crippen LogP contribution in [0.3, 0.4) is 0 Å². The van der Waals surface area contributed by atoms with Crippen molar-refractivity contribution in [3.63, 3.8) is 0 Å². The molecule has 0 saturated carbocycles. The Morgan fingerprint density at radius 1 is 1.19 bits per heavy atom. The molecule has 1 aromatic rings. The fourth-order valence-corrected chi connectivity index (χ4v) is 4.03. The van der Waals surface area contributed by atoms with E-state index in [1.165, 1.54) is 0 Å². The molecule has 8 heteroatoms. The molecule has 2 amide bonds. The van der Waals surface area contributed by atoms with E-state index in [9.17, 15) is 9.59 Å². The van der Waals surface area contributed by atoms with E-state index in [4.69, 9.17) is 21.1 Å². The number of amides is 2. The van der Waals surface area contributed by atoms with Gasteiger partial charge in [-0.1, -0.05) is 11.6 Å². The van der Waals surface area contributed by atoms with Crippen molar-refractivity contribution >= 4 is 39.5 Å². The second-order valence-corrected chi connectivity index (χ2v) is 8.77. The van der Waals surface area contributed by atoms with Crippen molar-refractivity contribution in [3.8, 4) is 5.75 Å². The fraction of sp³-hybridized carbons (Fsp3) is 0.556. The van der Waals surface area contributed by atoms with Crippen LogP contribution >= 0.6 is 27.5 Å². The lowest BCUT2D eigenvalue weighted by Crippen LogP contribution is -2.54. The van der Waals surface area contributed by atoms with Crippen LogP contribution in [0.25, 0.3) is 0 Å². The normalized spacial score (nSPS) is 19.8. The number of ether oxygens (including phenoxy) is 2. The second-order valence-electron chi connectivity index (χ2n) is 7.48. The van der Waals surface area contributed by atoms with Gasteiger partial charge in [0, 0.05) is 43.2 Å². The lowest BCUT2D eigenvalue weighted by molar-refractivity contribution is -0.139. The zero-order valence-electron chi connectivity index (χ0n) is 15.1. The molecule has 0 aliphatic carbocycles. The minimum Gasteiger partial charge on any atom is -0.479 e. The summed E-state index contributed by atoms with van der Waals surface area (Å²) >= 11 is 9.49. The Morgan fingerprint density at radius 3 is 2.42 bits per heavy atom. The number of fused-ring (bicyclic) bond motifs is 1. The highest BCUT2D eigenvalue weighted by Gasteiger charge is 2.36. The van der Waals surface area contributed by atoms with Crippen LogP contribution in [0.2, 0.25) is 5.02 Å². The van der Waals surface area contributed by atoms with Crippen molar-refractivity contribution in [2.24, 2.45) is 0 Å². The monoisotopic (exact) mass is 444 g/mol. The molecule has 1 saturated heterocycles. The first-order valence-corrected chi connectivity index (χ1v) is 9.72. The first kappa shape index (κ1) is 19.3. The summed E-state index contributed by atoms with van der Waals surface area (Å²) < 4.78 is 12.0. The summed E-state index contributed by atoms with van der Waals surface area (Å²) in [6, 6.07) is 3.59. The van der Waals surface area contributed by atoms with Crippen LogP contribution < -0.4 is 4.74 Å². The molecule has 0 unspecified atom stereocenters. The maximum absolute atomic E-state index is 12.8. The average Bonchev–Trinajstić information content (AvgIpc) is 2.97. The van der Waals surface area contributed by atoms with Gasteiger partial charge in [-0.25, -0.2) is 4.79 Å². The molecule has 2 heterocycles. The quantitative estimate of drug-likeness (QED) is 0.664. The molecule has 0 N–H and O–H groups in total. The number of benzene rings is 1. The Labute approximate surface area is 166 Å². The van der Waals surface area contributed by atoms with E-state index >= 15 is 0 Å². The third-order valence-electron chi connectivity index (χ3n) is 4.27. The van der Waals surface area contributed by atoms with Gasteiger partial charge >= 0.3 is 6.09 Å². The molecule has 0 spiro atoms. The number of hydrogen-bond acceptors (Lipinski definition) is 4. The van der Waals surface area contributed by atoms with Crippen molar-refractivity contribution in [1.29, 1.82) is 0 Å². The van der Waals surface area contributed by atoms with Gasteiger partial charge in [-0.05, 0) is 48.8 Å². The molecule has 2 aliphatic rings. The molecule has 26 heavy (non-hydrogen) atoms. The molecule has 2 aliphatic heterocycles. The van der Waals surface area contributed by atoms with Crippen molar-refractivity contribution in [2.45, 2.75) is 38.9 Å². The summed E-state index contributed by atoms with van der Waals surface area (Å²) in [4.78, 5) is 28.3. The Bertz CT molecular complexity index is 727. The van der Waals surface area contributed by atoms with Gasteiger partial charge in [0.15, 0.2) is 6.10 Å². The van der Waals surface area contributed by atoms with Gasteiger partial charge in [-0.3, -0.25) is 4.79 Å². The minimum absolute atomic E-state index is 0.0620. The van der Waals surface area contributed by atoms with Gasteiger partial charge < -0.3 is 19.3 Å². The SMILES string of the molecule is CC(C)(C)OC(=O)N1CCN(C(=O)[C@H]2Cc3cc(Cl)cc(Br)c3O2)CC1. The van der Waals surface area contributed by atoms with Crippen LogP contribution in [-0.4, -0.2) is 59.7 Å². The molecule has 3 rings (SSSR count). The summed E-state index contributed by atoms with van der Waals surface area (Å²) in [5, 5.41) is 0.610. The summed E-state index contributed by atoms with van der Waals surface area (Å²) in [5.74, 6) is 0.619. The van der Waals surface area contributed by atoms with Crippen molar-refractivity contribution < 1.29 is 19.1 Å². The first-order valence-electron chi connectivity index (χ1n) is 8.55. The van der Waals surface area contributed by atoms with Gasteiger partial charge in [0.05, 0.1) is 4.47 Å². The van der Waals surface area contributed by atoms with Crippen LogP contribution in [0.4, 0.5) is 4.79 Å². The number of halogens is 2. The number of nitrogens with zero attached hydrogens (tertiary/aromatic N) is 2. The topological polar surface area (TPSA) is 59.1 Å². The van der Waals surface area contributed by atoms with E-state index < -0.39 is 11.7 Å². The number of rotatable bonds is 1. The molecule has 0 aromatic heterocycles. The van der Waals surface area contributed by atoms with E-state index in [0.717, 1.165) is 10.0 Å². The Balaban J connectivity index is 1.57. The Morgan fingerprint density at radius 2 is 1.81 bits per heavy atom. The van der Waals surface area contributed by atoms with Gasteiger partial charge in [-0.2, -0.15) is 0 Å². The molecular formula is C18H22BrClN2O4. The highest BCUT2D eigenvalue weighted by Crippen LogP contribution is 2.38. The van der Waals surface area contributed by atoms with E-state index in [0.29, 0.717) is 43.4 Å². The maximum Gasteiger partial charge on any atom is 0.410 e. The lowest BCUT2D eigenvalue weighted by atomic mass is 10.1. The second kappa shape index (κ2) is 7.27. The van der Waals surface area contributed by atoms with Crippen LogP contribution in [0, 0.1) is 0 Å². The summed E-state index contributed by atoms with van der Waals surface area (Å²) in [6.45, 7) is 7.36. The third kappa shape index (κ3) is 4.26. The molecule has 1 atom stereocenters. The minimum atomic E-state index is -0.548. The third-order valence-corrected chi connectivity index (χ3v) is 5.08. The standard InChI is InChI=1S/C18H22BrClN2O4/c1-18(2,3)26-17(24)22-6-4-21(5-7-22)16(23)14-9-11-8-12(20)10-13(19)15(11)25-14/h8,10,14H,4-7,9H2,1-3H3/t14-/m1/s1. The number of piperazine rings is 1. The Kier molecular flexibility index (Phi) is 5.40. The predicted molar refractivity (Wildman–Crippen MR) is 102 cm³/mol. The van der Waals surface area contributed by atoms with Gasteiger partial charge in [0.2, 0.25) is 0 Å². The van der Waals surface area contributed by atoms with Crippen LogP contribution in [-0.2, 0) is 16.0 Å². The zero-order valence-corrected chi connectivity index (χ0v) is 17.4. The van der Waals surface area contributed by atoms with Gasteiger partial charge in [0.1, 0.15) is 11.4 Å². The number of carbonyl (C=O) groups is 2. The number of hydrogen-bond donors (Lipinski definition) is 0. The van der Waals surface area contributed by atoms with Crippen molar-refractivity contribution in [3.05, 3.63) is 27.2 Å². The molecule has 142 valence electrons. The molecule has 1 aromatic carbocycles. The molecule has 6 nitrogen and oxygen atoms in total. The molecular weight excluding hydrogens is 424 g/mol. The smallest absolute Gasteiger partial charge is 0.410 e. The van der Waals surface area contributed by atoms with Crippen LogP contribution in [0.1, 0.15) is 26.3 Å². The van der Waals surface area contributed by atoms with E-state index in [-0.39, 0.29) is 12.0 Å². The highest BCUT2D eigenvalue weighted by molar-refractivity contribution is 9.10. The van der Waals surface area contributed by atoms with Gasteiger partial charge in [-0.15, -0.1) is 0 Å². The lowest BCUT2D eigenvalue weighted by Gasteiger charge is -2.36. The fourth-order valence-electron chi connectivity index (χ4n) is 3.06. The summed E-state index contributed by atoms with van der Waals surface area (Å²) in [7, 11) is 0. The first-order chi connectivity index (χ1) is 12.1. The maximum atomic E-state index is 12.8.